The largest absolute Gasteiger partial charge is 0.250 e. The van der Waals surface area contributed by atoms with E-state index in [0.717, 1.165) is 0 Å². The first kappa shape index (κ1) is 5.28. The number of hydrogen-bond acceptors (Lipinski definition) is 2. The fourth-order valence-electron chi connectivity index (χ4n) is 0.493. The second-order valence-corrected chi connectivity index (χ2v) is 1.98. The first-order valence-electron chi connectivity index (χ1n) is 2.66. The Morgan fingerprint density at radius 2 is 2.25 bits per heavy atom. The van der Waals surface area contributed by atoms with Crippen molar-refractivity contribution in [2.75, 3.05) is 0 Å². The lowest BCUT2D eigenvalue weighted by atomic mass is 10.4. The summed E-state index contributed by atoms with van der Waals surface area (Å²) in [5.41, 5.74) is 0. The van der Waals surface area contributed by atoms with E-state index < -0.39 is 0 Å². The SMILES string of the molecule is CC(C)n1ccnn1. The smallest absolute Gasteiger partial charge is 0.0693 e. The first-order chi connectivity index (χ1) is 3.80. The van der Waals surface area contributed by atoms with Gasteiger partial charge in [0.15, 0.2) is 0 Å². The van der Waals surface area contributed by atoms with E-state index in [1.165, 1.54) is 0 Å². The molecule has 3 nitrogen and oxygen atoms in total. The summed E-state index contributed by atoms with van der Waals surface area (Å²) in [5.74, 6) is 0. The molecule has 0 saturated heterocycles. The van der Waals surface area contributed by atoms with Crippen LogP contribution < -0.4 is 0 Å². The molecule has 0 spiro atoms. The third-order valence-electron chi connectivity index (χ3n) is 0.970. The van der Waals surface area contributed by atoms with Crippen LogP contribution >= 0.6 is 0 Å². The fraction of sp³-hybridized carbons (Fsp3) is 0.600. The van der Waals surface area contributed by atoms with Gasteiger partial charge >= 0.3 is 0 Å². The number of nitrogens with zero attached hydrogens (tertiary/aromatic N) is 3. The van der Waals surface area contributed by atoms with Gasteiger partial charge < -0.3 is 0 Å². The molecule has 0 aliphatic rings. The number of aromatic nitrogens is 3. The molecule has 0 radical (unpaired) electrons. The fourth-order valence-corrected chi connectivity index (χ4v) is 0.493. The van der Waals surface area contributed by atoms with E-state index >= 15 is 0 Å². The summed E-state index contributed by atoms with van der Waals surface area (Å²) in [6.07, 6.45) is 3.53. The lowest BCUT2D eigenvalue weighted by molar-refractivity contribution is 0.514. The molecule has 3 heteroatoms. The minimum Gasteiger partial charge on any atom is -0.250 e. The van der Waals surface area contributed by atoms with Gasteiger partial charge in [-0.15, -0.1) is 5.10 Å². The third kappa shape index (κ3) is 0.857. The zero-order valence-corrected chi connectivity index (χ0v) is 5.07. The number of rotatable bonds is 1. The summed E-state index contributed by atoms with van der Waals surface area (Å²) in [4.78, 5) is 0. The molecule has 0 fully saturated rings. The monoisotopic (exact) mass is 111 g/mol. The topological polar surface area (TPSA) is 30.7 Å². The first-order valence-corrected chi connectivity index (χ1v) is 2.66. The van der Waals surface area contributed by atoms with Crippen LogP contribution in [0.2, 0.25) is 0 Å². The van der Waals surface area contributed by atoms with Crippen molar-refractivity contribution < 1.29 is 0 Å². The van der Waals surface area contributed by atoms with Gasteiger partial charge in [0.25, 0.3) is 0 Å². The summed E-state index contributed by atoms with van der Waals surface area (Å²) >= 11 is 0. The predicted molar refractivity (Wildman–Crippen MR) is 30.4 cm³/mol. The molecule has 1 aromatic heterocycles. The highest BCUT2D eigenvalue weighted by Gasteiger charge is 1.92. The Labute approximate surface area is 48.3 Å². The van der Waals surface area contributed by atoms with E-state index in [4.69, 9.17) is 0 Å². The second-order valence-electron chi connectivity index (χ2n) is 1.98. The van der Waals surface area contributed by atoms with Crippen molar-refractivity contribution in [1.82, 2.24) is 15.0 Å². The molecule has 0 aromatic carbocycles. The van der Waals surface area contributed by atoms with Gasteiger partial charge in [-0.2, -0.15) is 0 Å². The number of hydrogen-bond donors (Lipinski definition) is 0. The molecule has 0 saturated carbocycles. The van der Waals surface area contributed by atoms with Gasteiger partial charge in [-0.25, -0.2) is 0 Å². The molecule has 0 aliphatic carbocycles. The molecule has 0 N–H and O–H groups in total. The van der Waals surface area contributed by atoms with Crippen LogP contribution in [0, 0.1) is 0 Å². The zero-order valence-electron chi connectivity index (χ0n) is 5.07. The van der Waals surface area contributed by atoms with Gasteiger partial charge in [-0.1, -0.05) is 5.21 Å². The molecule has 1 rings (SSSR count). The molecule has 0 unspecified atom stereocenters. The van der Waals surface area contributed by atoms with Crippen molar-refractivity contribution >= 4 is 0 Å². The Balaban J connectivity index is 2.77. The molecule has 0 bridgehead atoms. The highest BCUT2D eigenvalue weighted by atomic mass is 15.4. The zero-order chi connectivity index (χ0) is 5.98. The molecule has 44 valence electrons. The highest BCUT2D eigenvalue weighted by Crippen LogP contribution is 1.96. The summed E-state index contributed by atoms with van der Waals surface area (Å²) < 4.78 is 1.81. The Morgan fingerprint density at radius 1 is 1.50 bits per heavy atom. The molecular weight excluding hydrogens is 102 g/mol. The van der Waals surface area contributed by atoms with Gasteiger partial charge in [0, 0.05) is 12.2 Å². The Morgan fingerprint density at radius 3 is 2.50 bits per heavy atom. The molecule has 0 atom stereocenters. The Bertz CT molecular complexity index is 143. The second kappa shape index (κ2) is 1.94. The van der Waals surface area contributed by atoms with Gasteiger partial charge in [-0.05, 0) is 13.8 Å². The molecule has 0 aliphatic heterocycles. The van der Waals surface area contributed by atoms with Crippen LogP contribution in [0.25, 0.3) is 0 Å². The lowest BCUT2D eigenvalue weighted by Gasteiger charge is -2.00. The minimum atomic E-state index is 0.428. The average molecular weight is 111 g/mol. The van der Waals surface area contributed by atoms with E-state index in [9.17, 15) is 0 Å². The van der Waals surface area contributed by atoms with Crippen LogP contribution in [-0.2, 0) is 0 Å². The molecule has 8 heavy (non-hydrogen) atoms. The summed E-state index contributed by atoms with van der Waals surface area (Å²) in [5, 5.41) is 7.44. The third-order valence-corrected chi connectivity index (χ3v) is 0.970. The summed E-state index contributed by atoms with van der Waals surface area (Å²) in [7, 11) is 0. The van der Waals surface area contributed by atoms with Crippen molar-refractivity contribution in [3.8, 4) is 0 Å². The van der Waals surface area contributed by atoms with Gasteiger partial charge in [0.05, 0.1) is 6.20 Å². The Kier molecular flexibility index (Phi) is 1.28. The van der Waals surface area contributed by atoms with Crippen molar-refractivity contribution in [2.45, 2.75) is 19.9 Å². The quantitative estimate of drug-likeness (QED) is 0.538. The minimum absolute atomic E-state index is 0.428. The lowest BCUT2D eigenvalue weighted by Crippen LogP contribution is -2.00. The standard InChI is InChI=1S/C5H9N3/c1-5(2)8-4-3-6-7-8/h3-5H,1-2H3. The van der Waals surface area contributed by atoms with E-state index in [2.05, 4.69) is 24.2 Å². The van der Waals surface area contributed by atoms with Crippen LogP contribution in [0.15, 0.2) is 12.4 Å². The van der Waals surface area contributed by atoms with Crippen LogP contribution in [0.1, 0.15) is 19.9 Å². The van der Waals surface area contributed by atoms with Gasteiger partial charge in [-0.3, -0.25) is 4.68 Å². The van der Waals surface area contributed by atoms with Gasteiger partial charge in [0.1, 0.15) is 0 Å². The predicted octanol–water partition coefficient (Wildman–Crippen LogP) is 0.859. The van der Waals surface area contributed by atoms with E-state index in [0.29, 0.717) is 6.04 Å². The highest BCUT2D eigenvalue weighted by molar-refractivity contribution is 4.66. The van der Waals surface area contributed by atoms with Gasteiger partial charge in [0.2, 0.25) is 0 Å². The maximum Gasteiger partial charge on any atom is 0.0693 e. The van der Waals surface area contributed by atoms with Crippen molar-refractivity contribution in [2.24, 2.45) is 0 Å². The normalized spacial score (nSPS) is 10.4. The van der Waals surface area contributed by atoms with Crippen LogP contribution in [0.3, 0.4) is 0 Å². The molecule has 1 aromatic rings. The van der Waals surface area contributed by atoms with Crippen molar-refractivity contribution in [3.63, 3.8) is 0 Å². The van der Waals surface area contributed by atoms with Crippen LogP contribution in [0.5, 0.6) is 0 Å². The van der Waals surface area contributed by atoms with Crippen LogP contribution in [-0.4, -0.2) is 15.0 Å². The van der Waals surface area contributed by atoms with Crippen LogP contribution in [0.4, 0.5) is 0 Å². The van der Waals surface area contributed by atoms with E-state index in [1.807, 2.05) is 6.20 Å². The van der Waals surface area contributed by atoms with Crippen molar-refractivity contribution in [1.29, 1.82) is 0 Å². The molecular formula is C5H9N3. The Hall–Kier alpha value is -0.860. The summed E-state index contributed by atoms with van der Waals surface area (Å²) in [6.45, 7) is 4.13. The maximum absolute atomic E-state index is 3.78. The van der Waals surface area contributed by atoms with E-state index in [1.54, 1.807) is 10.9 Å². The average Bonchev–Trinajstić information content (AvgIpc) is 2.12. The van der Waals surface area contributed by atoms with E-state index in [-0.39, 0.29) is 0 Å². The van der Waals surface area contributed by atoms with Crippen molar-refractivity contribution in [3.05, 3.63) is 12.4 Å². The summed E-state index contributed by atoms with van der Waals surface area (Å²) in [6, 6.07) is 0.428. The molecule has 1 heterocycles. The maximum atomic E-state index is 3.78. The molecule has 0 amide bonds.